The third-order valence-electron chi connectivity index (χ3n) is 4.26. The molecule has 1 heterocycles. The zero-order valence-corrected chi connectivity index (χ0v) is 16.0. The molecule has 0 radical (unpaired) electrons. The van der Waals surface area contributed by atoms with Crippen LogP contribution in [0.1, 0.15) is 25.8 Å². The minimum Gasteiger partial charge on any atom is -0.462 e. The van der Waals surface area contributed by atoms with E-state index >= 15 is 0 Å². The molecule has 0 N–H and O–H groups in total. The molecule has 3 aromatic rings. The first-order valence-corrected chi connectivity index (χ1v) is 9.00. The Morgan fingerprint density at radius 2 is 1.57 bits per heavy atom. The second-order valence-electron chi connectivity index (χ2n) is 6.78. The maximum absolute atomic E-state index is 11.7. The summed E-state index contributed by atoms with van der Waals surface area (Å²) in [6.45, 7) is 10.7. The summed E-state index contributed by atoms with van der Waals surface area (Å²) in [6.07, 6.45) is 1.48. The monoisotopic (exact) mass is 378 g/mol. The van der Waals surface area contributed by atoms with Crippen LogP contribution in [0.15, 0.2) is 65.1 Å². The van der Waals surface area contributed by atoms with Crippen molar-refractivity contribution in [2.75, 3.05) is 6.61 Å². The average Bonchev–Trinajstić information content (AvgIpc) is 3.01. The molecule has 1 aromatic heterocycles. The Bertz CT molecular complexity index is 1090. The number of carbonyl (C=O) groups excluding carboxylic acids is 2. The quantitative estimate of drug-likeness (QED) is 0.247. The van der Waals surface area contributed by atoms with Gasteiger partial charge in [-0.15, -0.1) is 0 Å². The van der Waals surface area contributed by atoms with Gasteiger partial charge < -0.3 is 13.9 Å². The second-order valence-corrected chi connectivity index (χ2v) is 6.78. The van der Waals surface area contributed by atoms with Crippen molar-refractivity contribution in [2.45, 2.75) is 26.7 Å². The summed E-state index contributed by atoms with van der Waals surface area (Å²) in [6, 6.07) is 11.3. The van der Waals surface area contributed by atoms with Crippen LogP contribution in [-0.4, -0.2) is 18.5 Å². The fraction of sp³-hybridized carbons (Fsp3) is 0.217. The van der Waals surface area contributed by atoms with Crippen molar-refractivity contribution >= 4 is 33.9 Å². The number of benzene rings is 2. The Labute approximate surface area is 163 Å². The van der Waals surface area contributed by atoms with Gasteiger partial charge in [-0.3, -0.25) is 0 Å². The lowest BCUT2D eigenvalue weighted by atomic mass is 10.1. The third kappa shape index (κ3) is 4.31. The molecule has 3 rings (SSSR count). The van der Waals surface area contributed by atoms with Gasteiger partial charge in [0.2, 0.25) is 0 Å². The van der Waals surface area contributed by atoms with Crippen LogP contribution in [0.5, 0.6) is 5.75 Å². The number of fused-ring (bicyclic) bond motifs is 3. The molecule has 0 saturated carbocycles. The average molecular weight is 378 g/mol. The van der Waals surface area contributed by atoms with Crippen LogP contribution >= 0.6 is 0 Å². The van der Waals surface area contributed by atoms with E-state index in [1.807, 2.05) is 24.3 Å². The van der Waals surface area contributed by atoms with Crippen LogP contribution in [0.2, 0.25) is 0 Å². The second kappa shape index (κ2) is 8.13. The first-order chi connectivity index (χ1) is 13.3. The SMILES string of the molecule is C=C(C)C(=O)OCCCc1ccc2c(c1)oc1cc(OC(=O)C(=C)C)ccc12. The first-order valence-electron chi connectivity index (χ1n) is 9.00. The largest absolute Gasteiger partial charge is 0.462 e. The predicted molar refractivity (Wildman–Crippen MR) is 108 cm³/mol. The predicted octanol–water partition coefficient (Wildman–Crippen LogP) is 5.12. The van der Waals surface area contributed by atoms with Crippen molar-refractivity contribution in [1.82, 2.24) is 0 Å². The van der Waals surface area contributed by atoms with Gasteiger partial charge in [0.25, 0.3) is 0 Å². The highest BCUT2D eigenvalue weighted by Crippen LogP contribution is 2.32. The fourth-order valence-corrected chi connectivity index (χ4v) is 2.78. The highest BCUT2D eigenvalue weighted by Gasteiger charge is 2.11. The van der Waals surface area contributed by atoms with Gasteiger partial charge in [0.05, 0.1) is 6.61 Å². The van der Waals surface area contributed by atoms with Crippen LogP contribution in [0.3, 0.4) is 0 Å². The maximum Gasteiger partial charge on any atom is 0.338 e. The van der Waals surface area contributed by atoms with Crippen LogP contribution in [-0.2, 0) is 20.7 Å². The molecule has 0 aliphatic rings. The molecular weight excluding hydrogens is 356 g/mol. The zero-order valence-electron chi connectivity index (χ0n) is 16.0. The highest BCUT2D eigenvalue weighted by molar-refractivity contribution is 6.05. The van der Waals surface area contributed by atoms with E-state index in [9.17, 15) is 9.59 Å². The van der Waals surface area contributed by atoms with Gasteiger partial charge in [-0.1, -0.05) is 25.3 Å². The molecule has 28 heavy (non-hydrogen) atoms. The van der Waals surface area contributed by atoms with Crippen LogP contribution in [0.25, 0.3) is 21.9 Å². The lowest BCUT2D eigenvalue weighted by Gasteiger charge is -2.04. The molecule has 5 heteroatoms. The van der Waals surface area contributed by atoms with Crippen molar-refractivity contribution in [3.05, 3.63) is 66.3 Å². The van der Waals surface area contributed by atoms with Crippen LogP contribution < -0.4 is 4.74 Å². The molecule has 0 fully saturated rings. The molecular formula is C23H22O5. The molecule has 2 aromatic carbocycles. The Morgan fingerprint density at radius 3 is 2.25 bits per heavy atom. The van der Waals surface area contributed by atoms with E-state index < -0.39 is 5.97 Å². The van der Waals surface area contributed by atoms with E-state index in [0.29, 0.717) is 35.5 Å². The number of aryl methyl sites for hydroxylation is 1. The number of esters is 2. The van der Waals surface area contributed by atoms with E-state index in [-0.39, 0.29) is 5.97 Å². The first kappa shape index (κ1) is 19.4. The summed E-state index contributed by atoms with van der Waals surface area (Å²) in [4.78, 5) is 23.1. The van der Waals surface area contributed by atoms with Crippen molar-refractivity contribution in [3.63, 3.8) is 0 Å². The number of furan rings is 1. The molecule has 144 valence electrons. The Hall–Kier alpha value is -3.34. The lowest BCUT2D eigenvalue weighted by Crippen LogP contribution is -2.07. The highest BCUT2D eigenvalue weighted by atomic mass is 16.5. The molecule has 0 aliphatic carbocycles. The smallest absolute Gasteiger partial charge is 0.338 e. The number of hydrogen-bond donors (Lipinski definition) is 0. The molecule has 0 spiro atoms. The molecule has 0 unspecified atom stereocenters. The summed E-state index contributed by atoms with van der Waals surface area (Å²) in [5.74, 6) is -0.417. The fourth-order valence-electron chi connectivity index (χ4n) is 2.78. The number of hydrogen-bond acceptors (Lipinski definition) is 5. The molecule has 0 atom stereocenters. The molecule has 0 aliphatic heterocycles. The Morgan fingerprint density at radius 1 is 0.929 bits per heavy atom. The van der Waals surface area contributed by atoms with Gasteiger partial charge in [-0.25, -0.2) is 9.59 Å². The third-order valence-corrected chi connectivity index (χ3v) is 4.26. The summed E-state index contributed by atoms with van der Waals surface area (Å²) in [7, 11) is 0. The van der Waals surface area contributed by atoms with Gasteiger partial charge in [0, 0.05) is 28.0 Å². The molecule has 0 saturated heterocycles. The number of rotatable bonds is 7. The number of ether oxygens (including phenoxy) is 2. The normalized spacial score (nSPS) is 10.8. The van der Waals surface area contributed by atoms with Gasteiger partial charge in [0.15, 0.2) is 0 Å². The molecule has 0 bridgehead atoms. The minimum atomic E-state index is -0.468. The Kier molecular flexibility index (Phi) is 5.64. The maximum atomic E-state index is 11.7. The van der Waals surface area contributed by atoms with Crippen LogP contribution in [0, 0.1) is 0 Å². The molecule has 0 amide bonds. The summed E-state index contributed by atoms with van der Waals surface area (Å²) < 4.78 is 16.3. The van der Waals surface area contributed by atoms with Crippen molar-refractivity contribution < 1.29 is 23.5 Å². The van der Waals surface area contributed by atoms with Crippen molar-refractivity contribution in [3.8, 4) is 5.75 Å². The molecule has 5 nitrogen and oxygen atoms in total. The number of carbonyl (C=O) groups is 2. The van der Waals surface area contributed by atoms with E-state index in [1.54, 1.807) is 26.0 Å². The Balaban J connectivity index is 1.73. The van der Waals surface area contributed by atoms with E-state index in [4.69, 9.17) is 13.9 Å². The lowest BCUT2D eigenvalue weighted by molar-refractivity contribution is -0.139. The van der Waals surface area contributed by atoms with E-state index in [0.717, 1.165) is 28.3 Å². The van der Waals surface area contributed by atoms with Gasteiger partial charge in [-0.05, 0) is 50.5 Å². The summed E-state index contributed by atoms with van der Waals surface area (Å²) in [5.41, 5.74) is 3.23. The van der Waals surface area contributed by atoms with Gasteiger partial charge in [-0.2, -0.15) is 0 Å². The van der Waals surface area contributed by atoms with Gasteiger partial charge >= 0.3 is 11.9 Å². The topological polar surface area (TPSA) is 65.7 Å². The zero-order chi connectivity index (χ0) is 20.3. The van der Waals surface area contributed by atoms with E-state index in [1.165, 1.54) is 0 Å². The summed E-state index contributed by atoms with van der Waals surface area (Å²) in [5, 5.41) is 1.94. The van der Waals surface area contributed by atoms with Crippen molar-refractivity contribution in [2.24, 2.45) is 0 Å². The standard InChI is InChI=1S/C23H22O5/c1-14(2)22(24)26-11-5-6-16-7-9-18-19-10-8-17(27-23(25)15(3)4)13-21(19)28-20(18)12-16/h7-10,12-13H,1,3,5-6,11H2,2,4H3. The summed E-state index contributed by atoms with van der Waals surface area (Å²) >= 11 is 0. The van der Waals surface area contributed by atoms with Crippen molar-refractivity contribution in [1.29, 1.82) is 0 Å². The van der Waals surface area contributed by atoms with Gasteiger partial charge in [0.1, 0.15) is 16.9 Å². The minimum absolute atomic E-state index is 0.336. The van der Waals surface area contributed by atoms with E-state index in [2.05, 4.69) is 13.2 Å². The van der Waals surface area contributed by atoms with Crippen LogP contribution in [0.4, 0.5) is 0 Å².